The number of amides is 1. The van der Waals surface area contributed by atoms with Gasteiger partial charge in [0.15, 0.2) is 5.82 Å². The summed E-state index contributed by atoms with van der Waals surface area (Å²) in [6, 6.07) is 21.4. The van der Waals surface area contributed by atoms with Gasteiger partial charge in [0.2, 0.25) is 5.91 Å². The van der Waals surface area contributed by atoms with E-state index in [0.29, 0.717) is 42.8 Å². The Labute approximate surface area is 231 Å². The lowest BCUT2D eigenvalue weighted by atomic mass is 10.1. The molecule has 0 bridgehead atoms. The average molecular weight is 536 g/mol. The summed E-state index contributed by atoms with van der Waals surface area (Å²) < 4.78 is 10.8. The first-order valence-corrected chi connectivity index (χ1v) is 13.1. The van der Waals surface area contributed by atoms with Crippen molar-refractivity contribution < 1.29 is 14.3 Å². The number of H-pyrrole nitrogens is 1. The summed E-state index contributed by atoms with van der Waals surface area (Å²) in [6.07, 6.45) is 3.65. The standard InChI is InChI=1S/C30H29N7O3/c1-39-25-9-10-27-26(16-25)30(34-23-7-5-20(6-8-23)22-17-31-32-18-22)36-29(35-27)21-3-2-4-24(15-21)33-28(38)19-37-11-13-40-14-12-37/h2-10,15-18H,11-14,19H2,1H3,(H,31,32)(H,33,38)(H,34,35,36). The third kappa shape index (κ3) is 5.78. The molecule has 1 aliphatic heterocycles. The Morgan fingerprint density at radius 3 is 2.60 bits per heavy atom. The average Bonchev–Trinajstić information content (AvgIpc) is 3.53. The van der Waals surface area contributed by atoms with Crippen molar-refractivity contribution in [3.63, 3.8) is 0 Å². The molecular weight excluding hydrogens is 506 g/mol. The maximum absolute atomic E-state index is 12.7. The van der Waals surface area contributed by atoms with Crippen LogP contribution >= 0.6 is 0 Å². The zero-order valence-electron chi connectivity index (χ0n) is 22.1. The minimum absolute atomic E-state index is 0.0632. The minimum atomic E-state index is -0.0632. The number of benzene rings is 3. The fraction of sp³-hybridized carbons (Fsp3) is 0.200. The fourth-order valence-corrected chi connectivity index (χ4v) is 4.65. The van der Waals surface area contributed by atoms with Crippen molar-refractivity contribution in [2.45, 2.75) is 0 Å². The zero-order chi connectivity index (χ0) is 27.3. The van der Waals surface area contributed by atoms with Gasteiger partial charge in [-0.2, -0.15) is 5.10 Å². The number of carbonyl (C=O) groups is 1. The van der Waals surface area contributed by atoms with E-state index in [0.717, 1.165) is 46.4 Å². The summed E-state index contributed by atoms with van der Waals surface area (Å²) in [5.74, 6) is 1.84. The Hall–Kier alpha value is -4.80. The molecule has 2 aromatic heterocycles. The quantitative estimate of drug-likeness (QED) is 0.262. The Balaban J connectivity index is 1.29. The van der Waals surface area contributed by atoms with Crippen LogP contribution in [0, 0.1) is 0 Å². The number of nitrogens with one attached hydrogen (secondary N) is 3. The van der Waals surface area contributed by atoms with Crippen LogP contribution in [0.2, 0.25) is 0 Å². The van der Waals surface area contributed by atoms with E-state index in [2.05, 4.69) is 25.7 Å². The summed E-state index contributed by atoms with van der Waals surface area (Å²) in [5.41, 5.74) is 5.21. The van der Waals surface area contributed by atoms with Gasteiger partial charge < -0.3 is 20.1 Å². The SMILES string of the molecule is COc1ccc2nc(-c3cccc(NC(=O)CN4CCOCC4)c3)nc(Nc3ccc(-c4cn[nH]c4)cc3)c2c1. The van der Waals surface area contributed by atoms with Crippen molar-refractivity contribution in [1.82, 2.24) is 25.1 Å². The van der Waals surface area contributed by atoms with Gasteiger partial charge in [0, 0.05) is 47.2 Å². The molecule has 202 valence electrons. The van der Waals surface area contributed by atoms with Crippen molar-refractivity contribution in [2.75, 3.05) is 50.6 Å². The molecule has 0 aliphatic carbocycles. The third-order valence-corrected chi connectivity index (χ3v) is 6.76. The lowest BCUT2D eigenvalue weighted by molar-refractivity contribution is -0.118. The predicted octanol–water partition coefficient (Wildman–Crippen LogP) is 4.71. The summed E-state index contributed by atoms with van der Waals surface area (Å²) in [4.78, 5) is 24.5. The van der Waals surface area contributed by atoms with E-state index in [1.807, 2.05) is 72.9 Å². The molecule has 6 rings (SSSR count). The van der Waals surface area contributed by atoms with Crippen LogP contribution in [0.5, 0.6) is 5.75 Å². The van der Waals surface area contributed by atoms with E-state index >= 15 is 0 Å². The van der Waals surface area contributed by atoms with Gasteiger partial charge >= 0.3 is 0 Å². The van der Waals surface area contributed by atoms with Crippen LogP contribution < -0.4 is 15.4 Å². The highest BCUT2D eigenvalue weighted by molar-refractivity contribution is 5.95. The molecule has 0 atom stereocenters. The second kappa shape index (κ2) is 11.5. The minimum Gasteiger partial charge on any atom is -0.497 e. The number of nitrogens with zero attached hydrogens (tertiary/aromatic N) is 4. The second-order valence-corrected chi connectivity index (χ2v) is 9.49. The number of aromatic nitrogens is 4. The molecule has 1 amide bonds. The van der Waals surface area contributed by atoms with Crippen LogP contribution in [0.4, 0.5) is 17.2 Å². The number of aromatic amines is 1. The lowest BCUT2D eigenvalue weighted by Crippen LogP contribution is -2.41. The first-order valence-electron chi connectivity index (χ1n) is 13.1. The van der Waals surface area contributed by atoms with E-state index in [1.165, 1.54) is 0 Å². The van der Waals surface area contributed by atoms with Gasteiger partial charge in [-0.05, 0) is 48.0 Å². The molecule has 1 fully saturated rings. The highest BCUT2D eigenvalue weighted by atomic mass is 16.5. The van der Waals surface area contributed by atoms with Crippen LogP contribution in [-0.4, -0.2) is 70.9 Å². The van der Waals surface area contributed by atoms with Crippen LogP contribution in [0.15, 0.2) is 79.1 Å². The third-order valence-electron chi connectivity index (χ3n) is 6.76. The Morgan fingerprint density at radius 1 is 0.975 bits per heavy atom. The van der Waals surface area contributed by atoms with Crippen molar-refractivity contribution in [3.8, 4) is 28.3 Å². The smallest absolute Gasteiger partial charge is 0.238 e. The molecular formula is C30H29N7O3. The van der Waals surface area contributed by atoms with Gasteiger partial charge in [0.1, 0.15) is 11.6 Å². The van der Waals surface area contributed by atoms with Crippen LogP contribution in [0.1, 0.15) is 0 Å². The van der Waals surface area contributed by atoms with Gasteiger partial charge in [-0.15, -0.1) is 0 Å². The number of carbonyl (C=O) groups excluding carboxylic acids is 1. The molecule has 5 aromatic rings. The topological polar surface area (TPSA) is 117 Å². The second-order valence-electron chi connectivity index (χ2n) is 9.49. The van der Waals surface area contributed by atoms with Crippen molar-refractivity contribution >= 4 is 34.0 Å². The molecule has 3 heterocycles. The number of hydrogen-bond acceptors (Lipinski definition) is 8. The molecule has 10 heteroatoms. The number of anilines is 3. The summed E-state index contributed by atoms with van der Waals surface area (Å²) >= 11 is 0. The molecule has 3 aromatic carbocycles. The molecule has 0 saturated carbocycles. The van der Waals surface area contributed by atoms with Crippen molar-refractivity contribution in [2.24, 2.45) is 0 Å². The van der Waals surface area contributed by atoms with Crippen LogP contribution in [0.25, 0.3) is 33.4 Å². The number of ether oxygens (including phenoxy) is 2. The van der Waals surface area contributed by atoms with Gasteiger partial charge in [-0.1, -0.05) is 24.3 Å². The summed E-state index contributed by atoms with van der Waals surface area (Å²) in [7, 11) is 1.64. The number of rotatable bonds is 8. The maximum Gasteiger partial charge on any atom is 0.238 e. The number of methoxy groups -OCH3 is 1. The highest BCUT2D eigenvalue weighted by Crippen LogP contribution is 2.31. The zero-order valence-corrected chi connectivity index (χ0v) is 22.1. The summed E-state index contributed by atoms with van der Waals surface area (Å²) in [6.45, 7) is 3.14. The molecule has 1 aliphatic rings. The molecule has 1 saturated heterocycles. The van der Waals surface area contributed by atoms with Crippen LogP contribution in [0.3, 0.4) is 0 Å². The molecule has 0 spiro atoms. The predicted molar refractivity (Wildman–Crippen MR) is 155 cm³/mol. The molecule has 3 N–H and O–H groups in total. The van der Waals surface area contributed by atoms with E-state index in [1.54, 1.807) is 13.3 Å². The molecule has 10 nitrogen and oxygen atoms in total. The monoisotopic (exact) mass is 535 g/mol. The highest BCUT2D eigenvalue weighted by Gasteiger charge is 2.16. The normalized spacial score (nSPS) is 13.7. The number of fused-ring (bicyclic) bond motifs is 1. The molecule has 0 radical (unpaired) electrons. The van der Waals surface area contributed by atoms with Crippen molar-refractivity contribution in [3.05, 3.63) is 79.1 Å². The molecule has 40 heavy (non-hydrogen) atoms. The lowest BCUT2D eigenvalue weighted by Gasteiger charge is -2.25. The first-order chi connectivity index (χ1) is 19.6. The molecule has 0 unspecified atom stereocenters. The van der Waals surface area contributed by atoms with Crippen LogP contribution in [-0.2, 0) is 9.53 Å². The van der Waals surface area contributed by atoms with Gasteiger partial charge in [0.25, 0.3) is 0 Å². The Morgan fingerprint density at radius 2 is 1.82 bits per heavy atom. The van der Waals surface area contributed by atoms with Gasteiger partial charge in [-0.3, -0.25) is 14.8 Å². The largest absolute Gasteiger partial charge is 0.497 e. The fourth-order valence-electron chi connectivity index (χ4n) is 4.65. The Bertz CT molecular complexity index is 1620. The van der Waals surface area contributed by atoms with E-state index < -0.39 is 0 Å². The Kier molecular flexibility index (Phi) is 7.34. The number of hydrogen-bond donors (Lipinski definition) is 3. The van der Waals surface area contributed by atoms with Gasteiger partial charge in [-0.25, -0.2) is 9.97 Å². The van der Waals surface area contributed by atoms with E-state index in [4.69, 9.17) is 19.4 Å². The first kappa shape index (κ1) is 25.5. The maximum atomic E-state index is 12.7. The van der Waals surface area contributed by atoms with E-state index in [-0.39, 0.29) is 5.91 Å². The van der Waals surface area contributed by atoms with E-state index in [9.17, 15) is 4.79 Å². The summed E-state index contributed by atoms with van der Waals surface area (Å²) in [5, 5.41) is 14.2. The van der Waals surface area contributed by atoms with Crippen molar-refractivity contribution in [1.29, 1.82) is 0 Å². The van der Waals surface area contributed by atoms with Gasteiger partial charge in [0.05, 0.1) is 38.6 Å². The number of morpholine rings is 1.